The van der Waals surface area contributed by atoms with Gasteiger partial charge in [-0.3, -0.25) is 9.78 Å². The average molecular weight is 387 g/mol. The lowest BCUT2D eigenvalue weighted by atomic mass is 10.2. The standard InChI is InChI=1S/C17H18ClF3N4O/c1-25(2)8-7-22-12-5-6-23-15(10-12)16(26)24-14-9-11(17(19,20)21)3-4-13(14)18/h3-6,9-10H,7-8H2,1-2H3,(H,22,23)(H,24,26). The number of anilines is 2. The monoisotopic (exact) mass is 386 g/mol. The van der Waals surface area contributed by atoms with Gasteiger partial charge in [0.1, 0.15) is 5.69 Å². The molecule has 0 saturated carbocycles. The smallest absolute Gasteiger partial charge is 0.384 e. The third-order valence-corrected chi connectivity index (χ3v) is 3.75. The number of hydrogen-bond donors (Lipinski definition) is 2. The summed E-state index contributed by atoms with van der Waals surface area (Å²) in [6, 6.07) is 5.95. The molecule has 0 bridgehead atoms. The Morgan fingerprint density at radius 3 is 2.62 bits per heavy atom. The number of nitrogens with one attached hydrogen (secondary N) is 2. The molecule has 26 heavy (non-hydrogen) atoms. The van der Waals surface area contributed by atoms with E-state index in [2.05, 4.69) is 15.6 Å². The Balaban J connectivity index is 2.13. The van der Waals surface area contributed by atoms with Crippen molar-refractivity contribution < 1.29 is 18.0 Å². The van der Waals surface area contributed by atoms with Crippen LogP contribution in [0.2, 0.25) is 5.02 Å². The van der Waals surface area contributed by atoms with Crippen molar-refractivity contribution in [2.45, 2.75) is 6.18 Å². The lowest BCUT2D eigenvalue weighted by Crippen LogP contribution is -2.21. The third-order valence-electron chi connectivity index (χ3n) is 3.42. The second kappa shape index (κ2) is 8.37. The van der Waals surface area contributed by atoms with E-state index in [1.165, 1.54) is 12.3 Å². The molecule has 2 N–H and O–H groups in total. The van der Waals surface area contributed by atoms with Gasteiger partial charge in [0.25, 0.3) is 5.91 Å². The third kappa shape index (κ3) is 5.60. The van der Waals surface area contributed by atoms with E-state index in [-0.39, 0.29) is 16.4 Å². The first-order valence-electron chi connectivity index (χ1n) is 7.69. The number of likely N-dealkylation sites (N-methyl/N-ethyl adjacent to an activating group) is 1. The first-order valence-corrected chi connectivity index (χ1v) is 8.07. The minimum Gasteiger partial charge on any atom is -0.384 e. The van der Waals surface area contributed by atoms with E-state index in [4.69, 9.17) is 11.6 Å². The topological polar surface area (TPSA) is 57.3 Å². The molecule has 9 heteroatoms. The van der Waals surface area contributed by atoms with Crippen molar-refractivity contribution >= 4 is 28.9 Å². The largest absolute Gasteiger partial charge is 0.416 e. The van der Waals surface area contributed by atoms with E-state index in [1.807, 2.05) is 19.0 Å². The van der Waals surface area contributed by atoms with E-state index in [0.717, 1.165) is 24.7 Å². The molecular formula is C17H18ClF3N4O. The highest BCUT2D eigenvalue weighted by Crippen LogP contribution is 2.33. The number of alkyl halides is 3. The van der Waals surface area contributed by atoms with Gasteiger partial charge in [0, 0.05) is 25.0 Å². The van der Waals surface area contributed by atoms with Gasteiger partial charge in [0.2, 0.25) is 0 Å². The van der Waals surface area contributed by atoms with E-state index in [9.17, 15) is 18.0 Å². The van der Waals surface area contributed by atoms with Crippen LogP contribution in [0.25, 0.3) is 0 Å². The molecule has 0 fully saturated rings. The van der Waals surface area contributed by atoms with Crippen molar-refractivity contribution in [2.24, 2.45) is 0 Å². The number of pyridine rings is 1. The first kappa shape index (κ1) is 20.0. The Hall–Kier alpha value is -2.32. The Kier molecular flexibility index (Phi) is 6.44. The maximum Gasteiger partial charge on any atom is 0.416 e. The predicted octanol–water partition coefficient (Wildman–Crippen LogP) is 3.98. The van der Waals surface area contributed by atoms with Crippen LogP contribution in [0.4, 0.5) is 24.5 Å². The summed E-state index contributed by atoms with van der Waals surface area (Å²) in [5.74, 6) is -0.650. The van der Waals surface area contributed by atoms with E-state index in [1.54, 1.807) is 6.07 Å². The molecule has 5 nitrogen and oxygen atoms in total. The highest BCUT2D eigenvalue weighted by atomic mass is 35.5. The lowest BCUT2D eigenvalue weighted by molar-refractivity contribution is -0.137. The molecule has 1 heterocycles. The molecule has 0 aliphatic rings. The Morgan fingerprint density at radius 1 is 1.23 bits per heavy atom. The Morgan fingerprint density at radius 2 is 1.96 bits per heavy atom. The van der Waals surface area contributed by atoms with Crippen LogP contribution in [0.3, 0.4) is 0 Å². The maximum absolute atomic E-state index is 12.8. The highest BCUT2D eigenvalue weighted by Gasteiger charge is 2.31. The number of aromatic nitrogens is 1. The minimum atomic E-state index is -4.53. The van der Waals surface area contributed by atoms with Crippen LogP contribution in [-0.2, 0) is 6.18 Å². The van der Waals surface area contributed by atoms with E-state index in [0.29, 0.717) is 12.2 Å². The second-order valence-corrected chi connectivity index (χ2v) is 6.21. The summed E-state index contributed by atoms with van der Waals surface area (Å²) in [6.45, 7) is 1.46. The maximum atomic E-state index is 12.8. The SMILES string of the molecule is CN(C)CCNc1ccnc(C(=O)Nc2cc(C(F)(F)F)ccc2Cl)c1. The van der Waals surface area contributed by atoms with Gasteiger partial charge in [-0.2, -0.15) is 13.2 Å². The number of carbonyl (C=O) groups is 1. The van der Waals surface area contributed by atoms with Crippen molar-refractivity contribution in [1.29, 1.82) is 0 Å². The number of carbonyl (C=O) groups excluding carboxylic acids is 1. The van der Waals surface area contributed by atoms with Crippen LogP contribution in [0.15, 0.2) is 36.5 Å². The number of benzene rings is 1. The molecule has 0 radical (unpaired) electrons. The summed E-state index contributed by atoms with van der Waals surface area (Å²) >= 11 is 5.89. The fourth-order valence-corrected chi connectivity index (χ4v) is 2.24. The highest BCUT2D eigenvalue weighted by molar-refractivity contribution is 6.33. The first-order chi connectivity index (χ1) is 12.2. The summed E-state index contributed by atoms with van der Waals surface area (Å²) in [6.07, 6.45) is -3.08. The van der Waals surface area contributed by atoms with Gasteiger partial charge in [-0.1, -0.05) is 11.6 Å². The van der Waals surface area contributed by atoms with Gasteiger partial charge in [-0.15, -0.1) is 0 Å². The predicted molar refractivity (Wildman–Crippen MR) is 95.7 cm³/mol. The number of amides is 1. The van der Waals surface area contributed by atoms with Gasteiger partial charge in [0.15, 0.2) is 0 Å². The number of halogens is 4. The zero-order valence-electron chi connectivity index (χ0n) is 14.2. The van der Waals surface area contributed by atoms with Crippen molar-refractivity contribution in [3.05, 3.63) is 52.8 Å². The van der Waals surface area contributed by atoms with Gasteiger partial charge in [-0.25, -0.2) is 0 Å². The molecule has 0 aliphatic carbocycles. The summed E-state index contributed by atoms with van der Waals surface area (Å²) in [4.78, 5) is 18.3. The zero-order chi connectivity index (χ0) is 19.3. The van der Waals surface area contributed by atoms with Gasteiger partial charge < -0.3 is 15.5 Å². The fourth-order valence-electron chi connectivity index (χ4n) is 2.07. The molecule has 1 aromatic heterocycles. The molecule has 0 unspecified atom stereocenters. The molecule has 1 aromatic carbocycles. The van der Waals surface area contributed by atoms with Gasteiger partial charge in [-0.05, 0) is 44.4 Å². The molecular weight excluding hydrogens is 369 g/mol. The molecule has 0 aliphatic heterocycles. The van der Waals surface area contributed by atoms with Crippen LogP contribution in [0, 0.1) is 0 Å². The van der Waals surface area contributed by atoms with Crippen molar-refractivity contribution in [1.82, 2.24) is 9.88 Å². The molecule has 2 rings (SSSR count). The number of rotatable bonds is 6. The number of hydrogen-bond acceptors (Lipinski definition) is 4. The normalized spacial score (nSPS) is 11.5. The summed E-state index contributed by atoms with van der Waals surface area (Å²) < 4.78 is 38.4. The van der Waals surface area contributed by atoms with Crippen LogP contribution in [-0.4, -0.2) is 43.0 Å². The van der Waals surface area contributed by atoms with Crippen LogP contribution < -0.4 is 10.6 Å². The molecule has 1 amide bonds. The molecule has 140 valence electrons. The van der Waals surface area contributed by atoms with Crippen molar-refractivity contribution in [2.75, 3.05) is 37.8 Å². The molecule has 0 atom stereocenters. The lowest BCUT2D eigenvalue weighted by Gasteiger charge is -2.13. The minimum absolute atomic E-state index is 0.00612. The van der Waals surface area contributed by atoms with Gasteiger partial charge >= 0.3 is 6.18 Å². The quantitative estimate of drug-likeness (QED) is 0.788. The summed E-state index contributed by atoms with van der Waals surface area (Å²) in [5, 5.41) is 5.52. The van der Waals surface area contributed by atoms with Crippen LogP contribution in [0.5, 0.6) is 0 Å². The second-order valence-electron chi connectivity index (χ2n) is 5.81. The van der Waals surface area contributed by atoms with Crippen molar-refractivity contribution in [3.63, 3.8) is 0 Å². The molecule has 0 spiro atoms. The Labute approximate surface area is 154 Å². The molecule has 2 aromatic rings. The average Bonchev–Trinajstić information content (AvgIpc) is 2.55. The molecule has 0 saturated heterocycles. The van der Waals surface area contributed by atoms with Crippen LogP contribution in [0.1, 0.15) is 16.1 Å². The van der Waals surface area contributed by atoms with Gasteiger partial charge in [0.05, 0.1) is 16.3 Å². The van der Waals surface area contributed by atoms with Crippen LogP contribution >= 0.6 is 11.6 Å². The van der Waals surface area contributed by atoms with Crippen molar-refractivity contribution in [3.8, 4) is 0 Å². The zero-order valence-corrected chi connectivity index (χ0v) is 14.9. The summed E-state index contributed by atoms with van der Waals surface area (Å²) in [5.41, 5.74) is -0.279. The number of nitrogens with zero attached hydrogens (tertiary/aromatic N) is 2. The Bertz CT molecular complexity index is 781. The van der Waals surface area contributed by atoms with E-state index < -0.39 is 17.6 Å². The fraction of sp³-hybridized carbons (Fsp3) is 0.294. The van der Waals surface area contributed by atoms with E-state index >= 15 is 0 Å². The summed E-state index contributed by atoms with van der Waals surface area (Å²) in [7, 11) is 3.87.